The van der Waals surface area contributed by atoms with Crippen LogP contribution in [0.1, 0.15) is 39.0 Å². The van der Waals surface area contributed by atoms with Crippen LogP contribution in [0, 0.1) is 16.0 Å². The summed E-state index contributed by atoms with van der Waals surface area (Å²) in [7, 11) is 0. The number of rotatable bonds is 4. The maximum atomic E-state index is 10.9. The number of nitro groups is 1. The number of ether oxygens (including phenoxy) is 1. The van der Waals surface area contributed by atoms with Gasteiger partial charge in [0.1, 0.15) is 11.3 Å². The van der Waals surface area contributed by atoms with Crippen molar-refractivity contribution in [2.45, 2.75) is 45.1 Å². The topological polar surface area (TPSA) is 65.3 Å². The minimum Gasteiger partial charge on any atom is -0.469 e. The summed E-state index contributed by atoms with van der Waals surface area (Å²) in [5.41, 5.74) is -0.122. The molecule has 6 heteroatoms. The Kier molecular flexibility index (Phi) is 4.58. The lowest BCUT2D eigenvalue weighted by atomic mass is 9.85. The predicted octanol–water partition coefficient (Wildman–Crippen LogP) is 3.99. The van der Waals surface area contributed by atoms with Crippen molar-refractivity contribution in [2.75, 3.05) is 0 Å². The Morgan fingerprint density at radius 1 is 1.53 bits per heavy atom. The summed E-state index contributed by atoms with van der Waals surface area (Å²) in [5.74, 6) is 0.677. The molecule has 104 valence electrons. The molecule has 0 amide bonds. The van der Waals surface area contributed by atoms with Crippen LogP contribution in [0.25, 0.3) is 0 Å². The first-order chi connectivity index (χ1) is 9.10. The Morgan fingerprint density at radius 2 is 2.32 bits per heavy atom. The SMILES string of the molecule is CCC1CCCC(Oc2nc(Cl)ccc2[N+](=O)[O-])C1. The Hall–Kier alpha value is -1.36. The lowest BCUT2D eigenvalue weighted by Crippen LogP contribution is -2.25. The third-order valence-electron chi connectivity index (χ3n) is 3.59. The predicted molar refractivity (Wildman–Crippen MR) is 72.6 cm³/mol. The Morgan fingerprint density at radius 3 is 3.00 bits per heavy atom. The van der Waals surface area contributed by atoms with Crippen LogP contribution in [-0.4, -0.2) is 16.0 Å². The zero-order valence-corrected chi connectivity index (χ0v) is 11.6. The molecule has 2 unspecified atom stereocenters. The van der Waals surface area contributed by atoms with Gasteiger partial charge in [0.25, 0.3) is 5.88 Å². The average Bonchev–Trinajstić information content (AvgIpc) is 2.38. The number of aromatic nitrogens is 1. The molecule has 0 N–H and O–H groups in total. The number of hydrogen-bond acceptors (Lipinski definition) is 4. The van der Waals surface area contributed by atoms with Gasteiger partial charge in [-0.2, -0.15) is 4.98 Å². The first-order valence-electron chi connectivity index (χ1n) is 6.57. The number of halogens is 1. The molecule has 1 fully saturated rings. The van der Waals surface area contributed by atoms with Crippen LogP contribution in [0.3, 0.4) is 0 Å². The standard InChI is InChI=1S/C13H17ClN2O3/c1-2-9-4-3-5-10(8-9)19-13-11(16(17)18)6-7-12(14)15-13/h6-7,9-10H,2-5,8H2,1H3. The molecule has 0 spiro atoms. The zero-order chi connectivity index (χ0) is 13.8. The average molecular weight is 285 g/mol. The number of pyridine rings is 1. The summed E-state index contributed by atoms with van der Waals surface area (Å²) >= 11 is 5.78. The third-order valence-corrected chi connectivity index (χ3v) is 3.80. The summed E-state index contributed by atoms with van der Waals surface area (Å²) in [5, 5.41) is 11.1. The van der Waals surface area contributed by atoms with E-state index in [-0.39, 0.29) is 22.8 Å². The van der Waals surface area contributed by atoms with E-state index in [4.69, 9.17) is 16.3 Å². The maximum Gasteiger partial charge on any atom is 0.331 e. The van der Waals surface area contributed by atoms with E-state index >= 15 is 0 Å². The van der Waals surface area contributed by atoms with Gasteiger partial charge in [0.05, 0.1) is 4.92 Å². The van der Waals surface area contributed by atoms with Gasteiger partial charge in [-0.05, 0) is 31.2 Å². The van der Waals surface area contributed by atoms with Crippen LogP contribution < -0.4 is 4.74 Å². The highest BCUT2D eigenvalue weighted by Crippen LogP contribution is 2.33. The molecule has 0 aliphatic heterocycles. The molecule has 0 saturated heterocycles. The normalized spacial score (nSPS) is 23.1. The van der Waals surface area contributed by atoms with Crippen molar-refractivity contribution in [3.63, 3.8) is 0 Å². The minimum atomic E-state index is -0.487. The van der Waals surface area contributed by atoms with Gasteiger partial charge >= 0.3 is 5.69 Å². The maximum absolute atomic E-state index is 10.9. The van der Waals surface area contributed by atoms with Crippen LogP contribution in [-0.2, 0) is 0 Å². The molecule has 2 atom stereocenters. The summed E-state index contributed by atoms with van der Waals surface area (Å²) in [6.45, 7) is 2.16. The van der Waals surface area contributed by atoms with Crippen molar-refractivity contribution in [2.24, 2.45) is 5.92 Å². The first kappa shape index (κ1) is 14.1. The van der Waals surface area contributed by atoms with Gasteiger partial charge in [-0.1, -0.05) is 31.4 Å². The molecular formula is C13H17ClN2O3. The second-order valence-corrected chi connectivity index (χ2v) is 5.28. The fourth-order valence-corrected chi connectivity index (χ4v) is 2.65. The number of nitrogens with zero attached hydrogens (tertiary/aromatic N) is 2. The molecular weight excluding hydrogens is 268 g/mol. The highest BCUT2D eigenvalue weighted by atomic mass is 35.5. The van der Waals surface area contributed by atoms with Crippen molar-refractivity contribution in [3.05, 3.63) is 27.4 Å². The van der Waals surface area contributed by atoms with E-state index in [0.717, 1.165) is 25.7 Å². The molecule has 2 rings (SSSR count). The van der Waals surface area contributed by atoms with E-state index in [9.17, 15) is 10.1 Å². The van der Waals surface area contributed by atoms with Crippen molar-refractivity contribution < 1.29 is 9.66 Å². The lowest BCUT2D eigenvalue weighted by Gasteiger charge is -2.28. The fourth-order valence-electron chi connectivity index (χ4n) is 2.51. The van der Waals surface area contributed by atoms with Crippen molar-refractivity contribution in [1.29, 1.82) is 0 Å². The first-order valence-corrected chi connectivity index (χ1v) is 6.95. The number of hydrogen-bond donors (Lipinski definition) is 0. The monoisotopic (exact) mass is 284 g/mol. The largest absolute Gasteiger partial charge is 0.469 e. The van der Waals surface area contributed by atoms with Crippen LogP contribution in [0.5, 0.6) is 5.88 Å². The van der Waals surface area contributed by atoms with Gasteiger partial charge in [-0.15, -0.1) is 0 Å². The van der Waals surface area contributed by atoms with Crippen LogP contribution in [0.2, 0.25) is 5.15 Å². The second-order valence-electron chi connectivity index (χ2n) is 4.90. The highest BCUT2D eigenvalue weighted by Gasteiger charge is 2.26. The molecule has 1 aromatic heterocycles. The summed E-state index contributed by atoms with van der Waals surface area (Å²) < 4.78 is 5.72. The fraction of sp³-hybridized carbons (Fsp3) is 0.615. The Labute approximate surface area is 117 Å². The van der Waals surface area contributed by atoms with Gasteiger partial charge in [0, 0.05) is 6.07 Å². The summed E-state index contributed by atoms with van der Waals surface area (Å²) in [6.07, 6.45) is 5.27. The van der Waals surface area contributed by atoms with E-state index in [2.05, 4.69) is 11.9 Å². The lowest BCUT2D eigenvalue weighted by molar-refractivity contribution is -0.386. The molecule has 5 nitrogen and oxygen atoms in total. The Bertz CT molecular complexity index is 467. The summed E-state index contributed by atoms with van der Waals surface area (Å²) in [6, 6.07) is 2.74. The highest BCUT2D eigenvalue weighted by molar-refractivity contribution is 6.29. The summed E-state index contributed by atoms with van der Waals surface area (Å²) in [4.78, 5) is 14.4. The van der Waals surface area contributed by atoms with Crippen LogP contribution in [0.15, 0.2) is 12.1 Å². The molecule has 0 aromatic carbocycles. The second kappa shape index (κ2) is 6.19. The van der Waals surface area contributed by atoms with E-state index in [1.54, 1.807) is 0 Å². The van der Waals surface area contributed by atoms with Crippen molar-refractivity contribution >= 4 is 17.3 Å². The van der Waals surface area contributed by atoms with E-state index in [1.165, 1.54) is 18.6 Å². The molecule has 1 aliphatic carbocycles. The van der Waals surface area contributed by atoms with E-state index in [0.29, 0.717) is 5.92 Å². The molecule has 19 heavy (non-hydrogen) atoms. The molecule has 1 heterocycles. The molecule has 1 aromatic rings. The van der Waals surface area contributed by atoms with Gasteiger partial charge in [-0.25, -0.2) is 0 Å². The van der Waals surface area contributed by atoms with Gasteiger partial charge in [-0.3, -0.25) is 10.1 Å². The molecule has 0 radical (unpaired) electrons. The smallest absolute Gasteiger partial charge is 0.331 e. The zero-order valence-electron chi connectivity index (χ0n) is 10.8. The van der Waals surface area contributed by atoms with Crippen LogP contribution >= 0.6 is 11.6 Å². The van der Waals surface area contributed by atoms with Gasteiger partial charge in [0.15, 0.2) is 0 Å². The van der Waals surface area contributed by atoms with E-state index < -0.39 is 4.92 Å². The van der Waals surface area contributed by atoms with Gasteiger partial charge in [0.2, 0.25) is 0 Å². The molecule has 1 aliphatic rings. The quantitative estimate of drug-likeness (QED) is 0.476. The van der Waals surface area contributed by atoms with Gasteiger partial charge < -0.3 is 4.74 Å². The Balaban J connectivity index is 2.13. The van der Waals surface area contributed by atoms with E-state index in [1.807, 2.05) is 0 Å². The van der Waals surface area contributed by atoms with Crippen molar-refractivity contribution in [1.82, 2.24) is 4.98 Å². The molecule has 1 saturated carbocycles. The third kappa shape index (κ3) is 3.56. The van der Waals surface area contributed by atoms with Crippen molar-refractivity contribution in [3.8, 4) is 5.88 Å². The van der Waals surface area contributed by atoms with Crippen LogP contribution in [0.4, 0.5) is 5.69 Å². The molecule has 0 bridgehead atoms. The minimum absolute atomic E-state index is 0.00312.